The average molecular weight is 460 g/mol. The summed E-state index contributed by atoms with van der Waals surface area (Å²) < 4.78 is 48.7. The molecule has 33 heavy (non-hydrogen) atoms. The minimum atomic E-state index is -4.52. The van der Waals surface area contributed by atoms with Crippen LogP contribution >= 0.6 is 0 Å². The van der Waals surface area contributed by atoms with Crippen LogP contribution in [0.4, 0.5) is 18.0 Å². The van der Waals surface area contributed by atoms with E-state index in [0.717, 1.165) is 17.0 Å². The first-order valence-corrected chi connectivity index (χ1v) is 9.55. The lowest BCUT2D eigenvalue weighted by molar-refractivity contribution is -0.137. The molecule has 2 aromatic carbocycles. The highest BCUT2D eigenvalue weighted by molar-refractivity contribution is 6.01. The maximum atomic E-state index is 12.9. The third-order valence-electron chi connectivity index (χ3n) is 4.68. The van der Waals surface area contributed by atoms with Crippen LogP contribution in [-0.4, -0.2) is 39.5 Å². The Bertz CT molecular complexity index is 1210. The van der Waals surface area contributed by atoms with Crippen LogP contribution in [0.15, 0.2) is 53.1 Å². The Morgan fingerprint density at radius 3 is 2.67 bits per heavy atom. The molecule has 0 unspecified atom stereocenters. The zero-order valence-electron chi connectivity index (χ0n) is 16.8. The minimum absolute atomic E-state index is 0.00417. The Labute approximate surface area is 184 Å². The van der Waals surface area contributed by atoms with E-state index in [0.29, 0.717) is 5.56 Å². The molecule has 3 aromatic rings. The Hall–Kier alpha value is -4.22. The number of carbonyl (C=O) groups is 3. The lowest BCUT2D eigenvalue weighted by Crippen LogP contribution is -2.30. The normalized spacial score (nSPS) is 13.8. The first-order valence-electron chi connectivity index (χ1n) is 9.55. The van der Waals surface area contributed by atoms with E-state index >= 15 is 0 Å². The molecule has 2 heterocycles. The molecule has 0 bridgehead atoms. The third kappa shape index (κ3) is 5.00. The van der Waals surface area contributed by atoms with Gasteiger partial charge in [-0.15, -0.1) is 0 Å². The van der Waals surface area contributed by atoms with Gasteiger partial charge in [0, 0.05) is 5.56 Å². The number of halogens is 3. The van der Waals surface area contributed by atoms with E-state index in [-0.39, 0.29) is 41.8 Å². The molecule has 0 saturated carbocycles. The second kappa shape index (κ2) is 8.73. The standard InChI is InChI=1S/C21H15F3N4O5/c22-21(23,24)15-6-2-4-13(8-15)18-26-16(33-27-18)11-32-19(30)14-5-1-3-12(7-14)10-28-17(29)9-25-20(28)31/h1-8H,9-11H2,(H,25,31). The van der Waals surface area contributed by atoms with Gasteiger partial charge in [-0.1, -0.05) is 29.4 Å². The summed E-state index contributed by atoms with van der Waals surface area (Å²) in [5.74, 6) is -1.29. The number of nitrogens with zero attached hydrogens (tertiary/aromatic N) is 3. The highest BCUT2D eigenvalue weighted by Crippen LogP contribution is 2.31. The molecule has 0 aliphatic carbocycles. The Balaban J connectivity index is 1.40. The first kappa shape index (κ1) is 22.0. The van der Waals surface area contributed by atoms with Crippen LogP contribution in [-0.2, 0) is 28.9 Å². The molecule has 1 N–H and O–H groups in total. The number of hydrogen-bond acceptors (Lipinski definition) is 7. The first-order chi connectivity index (χ1) is 15.7. The van der Waals surface area contributed by atoms with Crippen molar-refractivity contribution in [3.63, 3.8) is 0 Å². The van der Waals surface area contributed by atoms with Crippen molar-refractivity contribution in [3.05, 3.63) is 71.1 Å². The summed E-state index contributed by atoms with van der Waals surface area (Å²) in [6.07, 6.45) is -4.52. The summed E-state index contributed by atoms with van der Waals surface area (Å²) in [5.41, 5.74) is -0.0539. The van der Waals surface area contributed by atoms with Crippen LogP contribution in [0.2, 0.25) is 0 Å². The fourth-order valence-corrected chi connectivity index (χ4v) is 3.07. The fourth-order valence-electron chi connectivity index (χ4n) is 3.07. The second-order valence-corrected chi connectivity index (χ2v) is 7.01. The number of urea groups is 1. The molecule has 0 atom stereocenters. The van der Waals surface area contributed by atoms with Crippen LogP contribution in [0.3, 0.4) is 0 Å². The van der Waals surface area contributed by atoms with E-state index < -0.39 is 30.3 Å². The van der Waals surface area contributed by atoms with Gasteiger partial charge in [0.15, 0.2) is 6.61 Å². The molecule has 9 nitrogen and oxygen atoms in total. The van der Waals surface area contributed by atoms with E-state index in [1.54, 1.807) is 12.1 Å². The Kier molecular flexibility index (Phi) is 5.82. The SMILES string of the molecule is O=C(OCc1nc(-c2cccc(C(F)(F)F)c2)no1)c1cccc(CN2C(=O)CNC2=O)c1. The predicted molar refractivity (Wildman–Crippen MR) is 104 cm³/mol. The second-order valence-electron chi connectivity index (χ2n) is 7.01. The highest BCUT2D eigenvalue weighted by Gasteiger charge is 2.31. The highest BCUT2D eigenvalue weighted by atomic mass is 19.4. The fraction of sp³-hybridized carbons (Fsp3) is 0.190. The zero-order valence-corrected chi connectivity index (χ0v) is 16.8. The number of nitrogens with one attached hydrogen (secondary N) is 1. The smallest absolute Gasteiger partial charge is 0.416 e. The van der Waals surface area contributed by atoms with Crippen LogP contribution < -0.4 is 5.32 Å². The quantitative estimate of drug-likeness (QED) is 0.444. The number of alkyl halides is 3. The third-order valence-corrected chi connectivity index (χ3v) is 4.68. The molecule has 12 heteroatoms. The van der Waals surface area contributed by atoms with Crippen LogP contribution in [0.25, 0.3) is 11.4 Å². The van der Waals surface area contributed by atoms with E-state index in [2.05, 4.69) is 15.5 Å². The van der Waals surface area contributed by atoms with E-state index in [1.807, 2.05) is 0 Å². The van der Waals surface area contributed by atoms with Gasteiger partial charge >= 0.3 is 18.2 Å². The molecule has 1 saturated heterocycles. The average Bonchev–Trinajstić information content (AvgIpc) is 3.39. The van der Waals surface area contributed by atoms with E-state index in [1.165, 1.54) is 24.3 Å². The lowest BCUT2D eigenvalue weighted by Gasteiger charge is -2.12. The van der Waals surface area contributed by atoms with Crippen molar-refractivity contribution in [2.75, 3.05) is 6.54 Å². The number of imide groups is 1. The predicted octanol–water partition coefficient (Wildman–Crippen LogP) is 3.16. The summed E-state index contributed by atoms with van der Waals surface area (Å²) in [4.78, 5) is 40.7. The monoisotopic (exact) mass is 460 g/mol. The summed E-state index contributed by atoms with van der Waals surface area (Å²) in [6, 6.07) is 10.1. The zero-order chi connectivity index (χ0) is 23.6. The van der Waals surface area contributed by atoms with Crippen molar-refractivity contribution < 1.29 is 36.8 Å². The number of rotatable bonds is 6. The summed E-state index contributed by atoms with van der Waals surface area (Å²) in [6.45, 7) is -0.481. The van der Waals surface area contributed by atoms with Crippen molar-refractivity contribution in [1.29, 1.82) is 0 Å². The topological polar surface area (TPSA) is 115 Å². The molecule has 170 valence electrons. The molecule has 1 fully saturated rings. The van der Waals surface area contributed by atoms with Crippen molar-refractivity contribution in [2.45, 2.75) is 19.3 Å². The van der Waals surface area contributed by atoms with Gasteiger partial charge in [-0.2, -0.15) is 18.2 Å². The summed E-state index contributed by atoms with van der Waals surface area (Å²) in [7, 11) is 0. The Morgan fingerprint density at radius 2 is 1.94 bits per heavy atom. The van der Waals surface area contributed by atoms with Gasteiger partial charge in [0.25, 0.3) is 5.89 Å². The van der Waals surface area contributed by atoms with E-state index in [4.69, 9.17) is 9.26 Å². The van der Waals surface area contributed by atoms with Gasteiger partial charge in [-0.3, -0.25) is 9.69 Å². The number of carbonyl (C=O) groups excluding carboxylic acids is 3. The molecule has 1 aliphatic heterocycles. The summed E-state index contributed by atoms with van der Waals surface area (Å²) in [5, 5.41) is 6.03. The van der Waals surface area contributed by atoms with Gasteiger partial charge in [-0.05, 0) is 29.8 Å². The summed E-state index contributed by atoms with van der Waals surface area (Å²) >= 11 is 0. The van der Waals surface area contributed by atoms with Gasteiger partial charge in [0.1, 0.15) is 0 Å². The van der Waals surface area contributed by atoms with Crippen LogP contribution in [0, 0.1) is 0 Å². The van der Waals surface area contributed by atoms with Crippen LogP contribution in [0.1, 0.15) is 27.4 Å². The molecule has 1 aromatic heterocycles. The van der Waals surface area contributed by atoms with Crippen molar-refractivity contribution in [3.8, 4) is 11.4 Å². The molecular weight excluding hydrogens is 445 g/mol. The van der Waals surface area contributed by atoms with Gasteiger partial charge in [0.2, 0.25) is 11.7 Å². The van der Waals surface area contributed by atoms with Crippen molar-refractivity contribution in [1.82, 2.24) is 20.4 Å². The van der Waals surface area contributed by atoms with E-state index in [9.17, 15) is 27.6 Å². The molecule has 0 radical (unpaired) electrons. The van der Waals surface area contributed by atoms with Gasteiger partial charge in [0.05, 0.1) is 24.2 Å². The lowest BCUT2D eigenvalue weighted by atomic mass is 10.1. The van der Waals surface area contributed by atoms with Gasteiger partial charge in [-0.25, -0.2) is 9.59 Å². The van der Waals surface area contributed by atoms with Crippen LogP contribution in [0.5, 0.6) is 0 Å². The molecule has 1 aliphatic rings. The Morgan fingerprint density at radius 1 is 1.15 bits per heavy atom. The molecule has 4 rings (SSSR count). The van der Waals surface area contributed by atoms with Crippen molar-refractivity contribution >= 4 is 17.9 Å². The van der Waals surface area contributed by atoms with Crippen molar-refractivity contribution in [2.24, 2.45) is 0 Å². The molecular formula is C21H15F3N4O5. The number of amides is 3. The molecule has 0 spiro atoms. The number of ether oxygens (including phenoxy) is 1. The number of esters is 1. The number of benzene rings is 2. The maximum absolute atomic E-state index is 12.9. The van der Waals surface area contributed by atoms with Gasteiger partial charge < -0.3 is 14.6 Å². The maximum Gasteiger partial charge on any atom is 0.416 e. The largest absolute Gasteiger partial charge is 0.452 e. The minimum Gasteiger partial charge on any atom is -0.452 e. The number of hydrogen-bond donors (Lipinski definition) is 1. The number of aromatic nitrogens is 2. The molecule has 3 amide bonds.